The molecule has 0 bridgehead atoms. The lowest BCUT2D eigenvalue weighted by molar-refractivity contribution is -0.751. The monoisotopic (exact) mass is 389 g/mol. The number of hydrogen-bond acceptors (Lipinski definition) is 5. The molecule has 0 aliphatic carbocycles. The van der Waals surface area contributed by atoms with Crippen LogP contribution in [0.2, 0.25) is 0 Å². The number of H-pyrrole nitrogens is 1. The summed E-state index contributed by atoms with van der Waals surface area (Å²) >= 11 is 0. The fourth-order valence-corrected chi connectivity index (χ4v) is 3.81. The Balaban J connectivity index is 1.47. The molecule has 0 spiro atoms. The van der Waals surface area contributed by atoms with Crippen LogP contribution in [-0.2, 0) is 17.8 Å². The Morgan fingerprint density at radius 2 is 2.25 bits per heavy atom. The molecule has 8 heteroatoms. The maximum atomic E-state index is 12.4. The van der Waals surface area contributed by atoms with Gasteiger partial charge in [-0.1, -0.05) is 22.9 Å². The van der Waals surface area contributed by atoms with Crippen molar-refractivity contribution in [1.82, 2.24) is 15.1 Å². The molecule has 1 amide bonds. The van der Waals surface area contributed by atoms with Gasteiger partial charge in [0.05, 0.1) is 7.11 Å². The number of para-hydroxylation sites is 1. The number of likely N-dealkylation sites (tertiary alicyclic amines) is 1. The van der Waals surface area contributed by atoms with Crippen molar-refractivity contribution < 1.29 is 18.7 Å². The number of carbonyl (C=O) groups is 1. The van der Waals surface area contributed by atoms with E-state index in [1.165, 1.54) is 16.4 Å². The molecule has 8 nitrogen and oxygen atoms in total. The van der Waals surface area contributed by atoms with E-state index in [-0.39, 0.29) is 12.5 Å². The van der Waals surface area contributed by atoms with Gasteiger partial charge < -0.3 is 14.5 Å². The smallest absolute Gasteiger partial charge is 0.426 e. The van der Waals surface area contributed by atoms with E-state index in [9.17, 15) is 9.59 Å². The number of piperidine rings is 1. The van der Waals surface area contributed by atoms with Crippen LogP contribution in [0.5, 0.6) is 5.75 Å². The van der Waals surface area contributed by atoms with Gasteiger partial charge in [-0.15, -0.1) is 0 Å². The summed E-state index contributed by atoms with van der Waals surface area (Å²) in [6.07, 6.45) is 4.46. The van der Waals surface area contributed by atoms with Gasteiger partial charge in [0.25, 0.3) is 18.6 Å². The molecule has 0 radical (unpaired) electrons. The summed E-state index contributed by atoms with van der Waals surface area (Å²) in [6.45, 7) is 3.86. The van der Waals surface area contributed by atoms with Crippen molar-refractivity contribution >= 4 is 5.91 Å². The molecular weight excluding hydrogens is 360 g/mol. The first-order valence-electron chi connectivity index (χ1n) is 9.71. The van der Waals surface area contributed by atoms with Gasteiger partial charge in [-0.25, -0.2) is 4.79 Å². The maximum absolute atomic E-state index is 12.4. The minimum Gasteiger partial charge on any atom is -0.496 e. The lowest BCUT2D eigenvalue weighted by atomic mass is 9.97. The van der Waals surface area contributed by atoms with Crippen LogP contribution in [0.1, 0.15) is 18.4 Å². The highest BCUT2D eigenvalue weighted by Crippen LogP contribution is 2.21. The van der Waals surface area contributed by atoms with Crippen LogP contribution in [0.4, 0.5) is 0 Å². The zero-order chi connectivity index (χ0) is 19.9. The average Bonchev–Trinajstić information content (AvgIpc) is 3.11. The Labute approximate surface area is 164 Å². The van der Waals surface area contributed by atoms with Crippen LogP contribution in [-0.4, -0.2) is 61.3 Å². The Morgan fingerprint density at radius 3 is 3.00 bits per heavy atom. The predicted molar refractivity (Wildman–Crippen MR) is 103 cm³/mol. The van der Waals surface area contributed by atoms with Crippen LogP contribution < -0.4 is 15.0 Å². The zero-order valence-corrected chi connectivity index (χ0v) is 16.6. The Hall–Kier alpha value is -2.61. The number of likely N-dealkylation sites (N-methyl/N-ethyl adjacent to an activating group) is 1. The van der Waals surface area contributed by atoms with E-state index >= 15 is 0 Å². The quantitative estimate of drug-likeness (QED) is 0.672. The molecule has 1 saturated heterocycles. The van der Waals surface area contributed by atoms with Crippen molar-refractivity contribution in [2.45, 2.75) is 25.8 Å². The normalized spacial score (nSPS) is 17.4. The van der Waals surface area contributed by atoms with Crippen molar-refractivity contribution in [3.05, 3.63) is 46.4 Å². The lowest BCUT2D eigenvalue weighted by Gasteiger charge is -2.34. The summed E-state index contributed by atoms with van der Waals surface area (Å²) in [7, 11) is 3.52. The summed E-state index contributed by atoms with van der Waals surface area (Å²) < 4.78 is 11.4. The average molecular weight is 389 g/mol. The van der Waals surface area contributed by atoms with Gasteiger partial charge >= 0.3 is 5.63 Å². The third-order valence-corrected chi connectivity index (χ3v) is 5.28. The molecule has 1 aromatic heterocycles. The SMILES string of the molecule is COc1ccccc1CCN1CCC[C@H](CN(C)C(=O)C[n+]2cc(=O)o[nH]2)C1. The van der Waals surface area contributed by atoms with Crippen LogP contribution in [0, 0.1) is 5.92 Å². The third-order valence-electron chi connectivity index (χ3n) is 5.28. The van der Waals surface area contributed by atoms with Crippen LogP contribution in [0.25, 0.3) is 0 Å². The first kappa shape index (κ1) is 20.1. The highest BCUT2D eigenvalue weighted by Gasteiger charge is 2.24. The summed E-state index contributed by atoms with van der Waals surface area (Å²) in [4.78, 5) is 27.6. The second kappa shape index (κ2) is 9.54. The van der Waals surface area contributed by atoms with Crippen LogP contribution >= 0.6 is 0 Å². The highest BCUT2D eigenvalue weighted by atomic mass is 16.5. The number of aromatic amines is 1. The molecule has 1 aliphatic rings. The molecule has 152 valence electrons. The molecule has 1 atom stereocenters. The lowest BCUT2D eigenvalue weighted by Crippen LogP contribution is -2.47. The summed E-state index contributed by atoms with van der Waals surface area (Å²) in [5.41, 5.74) is 0.735. The minimum atomic E-state index is -0.492. The number of amides is 1. The van der Waals surface area contributed by atoms with E-state index in [0.29, 0.717) is 12.5 Å². The minimum absolute atomic E-state index is 0.0480. The van der Waals surface area contributed by atoms with E-state index in [2.05, 4.69) is 20.8 Å². The van der Waals surface area contributed by atoms with Crippen molar-refractivity contribution in [2.75, 3.05) is 40.3 Å². The number of methoxy groups -OCH3 is 1. The van der Waals surface area contributed by atoms with Gasteiger partial charge in [-0.2, -0.15) is 0 Å². The molecule has 2 heterocycles. The molecule has 3 rings (SSSR count). The molecule has 1 fully saturated rings. The van der Waals surface area contributed by atoms with Crippen molar-refractivity contribution in [3.8, 4) is 5.75 Å². The largest absolute Gasteiger partial charge is 0.496 e. The number of ether oxygens (including phenoxy) is 1. The fourth-order valence-electron chi connectivity index (χ4n) is 3.81. The van der Waals surface area contributed by atoms with E-state index in [1.807, 2.05) is 25.2 Å². The number of benzene rings is 1. The Morgan fingerprint density at radius 1 is 1.43 bits per heavy atom. The summed E-state index contributed by atoms with van der Waals surface area (Å²) in [5, 5.41) is 2.41. The first-order valence-corrected chi connectivity index (χ1v) is 9.71. The molecule has 28 heavy (non-hydrogen) atoms. The summed E-state index contributed by atoms with van der Waals surface area (Å²) in [5.74, 6) is 1.35. The predicted octanol–water partition coefficient (Wildman–Crippen LogP) is 0.677. The topological polar surface area (TPSA) is 82.7 Å². The van der Waals surface area contributed by atoms with E-state index in [0.717, 1.165) is 44.6 Å². The number of hydrogen-bond donors (Lipinski definition) is 1. The maximum Gasteiger partial charge on any atom is 0.426 e. The first-order chi connectivity index (χ1) is 13.5. The van der Waals surface area contributed by atoms with Gasteiger partial charge in [-0.05, 0) is 48.6 Å². The molecule has 2 aromatic rings. The number of carbonyl (C=O) groups excluding carboxylic acids is 1. The number of aromatic nitrogens is 2. The van der Waals surface area contributed by atoms with Gasteiger partial charge in [0, 0.05) is 26.7 Å². The standard InChI is InChI=1S/C20H28N4O4/c1-22(19(25)14-24-15-20(26)28-21-24)12-16-6-5-10-23(13-16)11-9-17-7-3-4-8-18(17)27-2/h3-4,7-8,15-16H,5-6,9-14H2,1-2H3/p+1/t16-/m1/s1. The number of nitrogens with zero attached hydrogens (tertiary/aromatic N) is 3. The second-order valence-electron chi connectivity index (χ2n) is 7.41. The van der Waals surface area contributed by atoms with E-state index < -0.39 is 5.63 Å². The van der Waals surface area contributed by atoms with Crippen molar-refractivity contribution in [3.63, 3.8) is 0 Å². The van der Waals surface area contributed by atoms with Gasteiger partial charge in [0.2, 0.25) is 0 Å². The van der Waals surface area contributed by atoms with Gasteiger partial charge in [-0.3, -0.25) is 9.32 Å². The van der Waals surface area contributed by atoms with E-state index in [4.69, 9.17) is 4.74 Å². The molecule has 1 aliphatic heterocycles. The number of nitrogens with one attached hydrogen (secondary N) is 1. The van der Waals surface area contributed by atoms with Gasteiger partial charge in [0.15, 0.2) is 0 Å². The van der Waals surface area contributed by atoms with Crippen LogP contribution in [0.15, 0.2) is 39.8 Å². The molecule has 1 aromatic carbocycles. The zero-order valence-electron chi connectivity index (χ0n) is 16.6. The molecule has 1 N–H and O–H groups in total. The Kier molecular flexibility index (Phi) is 6.86. The third kappa shape index (κ3) is 5.45. The Bertz CT molecular complexity index is 831. The second-order valence-corrected chi connectivity index (χ2v) is 7.41. The summed E-state index contributed by atoms with van der Waals surface area (Å²) in [6, 6.07) is 8.15. The molecule has 0 unspecified atom stereocenters. The van der Waals surface area contributed by atoms with Gasteiger partial charge in [0.1, 0.15) is 5.75 Å². The number of rotatable bonds is 8. The van der Waals surface area contributed by atoms with Crippen molar-refractivity contribution in [2.24, 2.45) is 5.92 Å². The van der Waals surface area contributed by atoms with Crippen LogP contribution in [0.3, 0.4) is 0 Å². The molecular formula is C20H29N4O4+. The molecule has 0 saturated carbocycles. The van der Waals surface area contributed by atoms with Crippen molar-refractivity contribution in [1.29, 1.82) is 0 Å². The highest BCUT2D eigenvalue weighted by molar-refractivity contribution is 5.74. The fraction of sp³-hybridized carbons (Fsp3) is 0.550. The van der Waals surface area contributed by atoms with E-state index in [1.54, 1.807) is 12.0 Å².